The Hall–Kier alpha value is -3.39. The minimum absolute atomic E-state index is 0.0621. The van der Waals surface area contributed by atoms with Crippen LogP contribution in [0.2, 0.25) is 5.02 Å². The lowest BCUT2D eigenvalue weighted by Gasteiger charge is -2.19. The highest BCUT2D eigenvalue weighted by atomic mass is 35.5. The molecular weight excluding hydrogens is 418 g/mol. The lowest BCUT2D eigenvalue weighted by atomic mass is 10.2. The van der Waals surface area contributed by atoms with Gasteiger partial charge in [0.15, 0.2) is 5.82 Å². The first-order chi connectivity index (χ1) is 14.9. The molecule has 0 radical (unpaired) electrons. The minimum Gasteiger partial charge on any atom is -0.494 e. The topological polar surface area (TPSA) is 89.3 Å². The number of nitrogens with zero attached hydrogens (tertiary/aromatic N) is 4. The average Bonchev–Trinajstić information content (AvgIpc) is 3.32. The fraction of sp³-hybridized carbons (Fsp3) is 0.273. The molecule has 0 aliphatic carbocycles. The SMILES string of the molecule is COc1cc(NC(=O)c2nc(-n3nc(C)cc3C)ccc2Cl)ccc1N1CCCC1=O. The van der Waals surface area contributed by atoms with E-state index >= 15 is 0 Å². The van der Waals surface area contributed by atoms with Crippen molar-refractivity contribution in [2.75, 3.05) is 23.9 Å². The first-order valence-electron chi connectivity index (χ1n) is 9.87. The van der Waals surface area contributed by atoms with Crippen molar-refractivity contribution in [2.24, 2.45) is 0 Å². The van der Waals surface area contributed by atoms with Crippen LogP contribution in [-0.2, 0) is 4.79 Å². The number of carbonyl (C=O) groups excluding carboxylic acids is 2. The Morgan fingerprint density at radius 2 is 2.00 bits per heavy atom. The van der Waals surface area contributed by atoms with Crippen molar-refractivity contribution < 1.29 is 14.3 Å². The fourth-order valence-electron chi connectivity index (χ4n) is 3.64. The van der Waals surface area contributed by atoms with Crippen molar-refractivity contribution in [2.45, 2.75) is 26.7 Å². The number of anilines is 2. The van der Waals surface area contributed by atoms with Crippen molar-refractivity contribution in [1.82, 2.24) is 14.8 Å². The van der Waals surface area contributed by atoms with Crippen LogP contribution in [0.5, 0.6) is 5.75 Å². The van der Waals surface area contributed by atoms with E-state index in [4.69, 9.17) is 16.3 Å². The Kier molecular flexibility index (Phi) is 5.65. The van der Waals surface area contributed by atoms with Gasteiger partial charge in [-0.05, 0) is 50.6 Å². The van der Waals surface area contributed by atoms with E-state index in [2.05, 4.69) is 15.4 Å². The lowest BCUT2D eigenvalue weighted by molar-refractivity contribution is -0.117. The molecular formula is C22H22ClN5O3. The summed E-state index contributed by atoms with van der Waals surface area (Å²) < 4.78 is 7.11. The number of rotatable bonds is 5. The molecule has 0 saturated carbocycles. The Balaban J connectivity index is 1.60. The highest BCUT2D eigenvalue weighted by Crippen LogP contribution is 2.34. The van der Waals surface area contributed by atoms with Gasteiger partial charge in [0, 0.05) is 30.4 Å². The molecule has 2 amide bonds. The summed E-state index contributed by atoms with van der Waals surface area (Å²) in [5, 5.41) is 7.43. The molecule has 1 aliphatic heterocycles. The van der Waals surface area contributed by atoms with E-state index in [1.54, 1.807) is 39.9 Å². The summed E-state index contributed by atoms with van der Waals surface area (Å²) in [6.07, 6.45) is 1.34. The van der Waals surface area contributed by atoms with E-state index < -0.39 is 5.91 Å². The first-order valence-corrected chi connectivity index (χ1v) is 10.2. The lowest BCUT2D eigenvalue weighted by Crippen LogP contribution is -2.24. The zero-order valence-electron chi connectivity index (χ0n) is 17.5. The number of hydrogen-bond donors (Lipinski definition) is 1. The number of aryl methyl sites for hydroxylation is 2. The van der Waals surface area contributed by atoms with Crippen LogP contribution in [0, 0.1) is 13.8 Å². The summed E-state index contributed by atoms with van der Waals surface area (Å²) in [5.74, 6) is 0.608. The van der Waals surface area contributed by atoms with Gasteiger partial charge in [-0.1, -0.05) is 11.6 Å². The van der Waals surface area contributed by atoms with E-state index in [1.807, 2.05) is 19.9 Å². The van der Waals surface area contributed by atoms with Gasteiger partial charge in [0.1, 0.15) is 11.4 Å². The molecule has 0 unspecified atom stereocenters. The normalized spacial score (nSPS) is 13.5. The van der Waals surface area contributed by atoms with Crippen LogP contribution >= 0.6 is 11.6 Å². The van der Waals surface area contributed by atoms with Gasteiger partial charge < -0.3 is 15.0 Å². The molecule has 0 spiro atoms. The van der Waals surface area contributed by atoms with Crippen molar-refractivity contribution in [3.63, 3.8) is 0 Å². The first kappa shape index (κ1) is 20.9. The number of ether oxygens (including phenoxy) is 1. The Labute approximate surface area is 184 Å². The summed E-state index contributed by atoms with van der Waals surface area (Å²) in [5.41, 5.74) is 3.03. The Morgan fingerprint density at radius 1 is 1.19 bits per heavy atom. The molecule has 8 nitrogen and oxygen atoms in total. The predicted octanol–water partition coefficient (Wildman–Crippen LogP) is 3.93. The van der Waals surface area contributed by atoms with Gasteiger partial charge in [0.25, 0.3) is 5.91 Å². The van der Waals surface area contributed by atoms with E-state index in [1.165, 1.54) is 7.11 Å². The molecule has 3 heterocycles. The molecule has 0 atom stereocenters. The maximum atomic E-state index is 12.9. The van der Waals surface area contributed by atoms with Gasteiger partial charge in [-0.15, -0.1) is 0 Å². The largest absolute Gasteiger partial charge is 0.494 e. The number of benzene rings is 1. The monoisotopic (exact) mass is 439 g/mol. The maximum absolute atomic E-state index is 12.9. The highest BCUT2D eigenvalue weighted by molar-refractivity contribution is 6.34. The van der Waals surface area contributed by atoms with E-state index in [-0.39, 0.29) is 16.6 Å². The van der Waals surface area contributed by atoms with Crippen LogP contribution in [0.3, 0.4) is 0 Å². The van der Waals surface area contributed by atoms with Gasteiger partial charge in [-0.25, -0.2) is 9.67 Å². The summed E-state index contributed by atoms with van der Waals surface area (Å²) in [6.45, 7) is 4.45. The number of methoxy groups -OCH3 is 1. The van der Waals surface area contributed by atoms with Crippen molar-refractivity contribution in [3.8, 4) is 11.6 Å². The van der Waals surface area contributed by atoms with E-state index in [0.717, 1.165) is 17.8 Å². The van der Waals surface area contributed by atoms with E-state index in [0.29, 0.717) is 35.9 Å². The third-order valence-electron chi connectivity index (χ3n) is 5.07. The van der Waals surface area contributed by atoms with Gasteiger partial charge in [0.05, 0.1) is 23.5 Å². The van der Waals surface area contributed by atoms with Crippen LogP contribution in [0.4, 0.5) is 11.4 Å². The van der Waals surface area contributed by atoms with Gasteiger partial charge in [-0.2, -0.15) is 5.10 Å². The summed E-state index contributed by atoms with van der Waals surface area (Å²) in [6, 6.07) is 10.4. The molecule has 31 heavy (non-hydrogen) atoms. The highest BCUT2D eigenvalue weighted by Gasteiger charge is 2.25. The number of nitrogens with one attached hydrogen (secondary N) is 1. The van der Waals surface area contributed by atoms with Gasteiger partial charge in [-0.3, -0.25) is 9.59 Å². The van der Waals surface area contributed by atoms with Crippen molar-refractivity contribution in [1.29, 1.82) is 0 Å². The number of aromatic nitrogens is 3. The molecule has 3 aromatic rings. The van der Waals surface area contributed by atoms with Crippen LogP contribution in [0.15, 0.2) is 36.4 Å². The van der Waals surface area contributed by atoms with E-state index in [9.17, 15) is 9.59 Å². The molecule has 9 heteroatoms. The molecule has 1 fully saturated rings. The van der Waals surface area contributed by atoms with Crippen LogP contribution in [-0.4, -0.2) is 40.2 Å². The third-order valence-corrected chi connectivity index (χ3v) is 5.38. The number of pyridine rings is 1. The molecule has 0 bridgehead atoms. The van der Waals surface area contributed by atoms with Gasteiger partial charge in [0.2, 0.25) is 5.91 Å². The summed E-state index contributed by atoms with van der Waals surface area (Å²) in [4.78, 5) is 31.1. The number of halogens is 1. The van der Waals surface area contributed by atoms with Crippen LogP contribution in [0.25, 0.3) is 5.82 Å². The average molecular weight is 440 g/mol. The van der Waals surface area contributed by atoms with Crippen molar-refractivity contribution in [3.05, 3.63) is 58.5 Å². The zero-order chi connectivity index (χ0) is 22.1. The Morgan fingerprint density at radius 3 is 2.65 bits per heavy atom. The van der Waals surface area contributed by atoms with Crippen molar-refractivity contribution >= 4 is 34.8 Å². The third kappa shape index (κ3) is 4.11. The molecule has 4 rings (SSSR count). The minimum atomic E-state index is -0.458. The number of carbonyl (C=O) groups is 2. The molecule has 1 aliphatic rings. The molecule has 1 saturated heterocycles. The number of amides is 2. The fourth-order valence-corrected chi connectivity index (χ4v) is 3.83. The molecule has 2 aromatic heterocycles. The summed E-state index contributed by atoms with van der Waals surface area (Å²) >= 11 is 6.25. The van der Waals surface area contributed by atoms with Crippen LogP contribution < -0.4 is 15.0 Å². The second kappa shape index (κ2) is 8.39. The quantitative estimate of drug-likeness (QED) is 0.650. The predicted molar refractivity (Wildman–Crippen MR) is 118 cm³/mol. The number of hydrogen-bond acceptors (Lipinski definition) is 5. The molecule has 1 N–H and O–H groups in total. The standard InChI is InChI=1S/C22H22ClN5O3/c1-13-11-14(2)28(26-13)19-9-7-16(23)21(25-19)22(30)24-15-6-8-17(18(12-15)31-3)27-10-4-5-20(27)29/h6-9,11-12H,4-5,10H2,1-3H3,(H,24,30). The second-order valence-electron chi connectivity index (χ2n) is 7.33. The smallest absolute Gasteiger partial charge is 0.275 e. The van der Waals surface area contributed by atoms with Crippen LogP contribution in [0.1, 0.15) is 34.7 Å². The second-order valence-corrected chi connectivity index (χ2v) is 7.74. The Bertz CT molecular complexity index is 1170. The molecule has 160 valence electrons. The van der Waals surface area contributed by atoms with Gasteiger partial charge >= 0.3 is 0 Å². The summed E-state index contributed by atoms with van der Waals surface area (Å²) in [7, 11) is 1.53. The maximum Gasteiger partial charge on any atom is 0.275 e. The molecule has 1 aromatic carbocycles. The zero-order valence-corrected chi connectivity index (χ0v) is 18.2.